The second-order valence-electron chi connectivity index (χ2n) is 13.3. The monoisotopic (exact) mass is 676 g/mol. The summed E-state index contributed by atoms with van der Waals surface area (Å²) < 4.78 is 2.40. The molecule has 4 nitrogen and oxygen atoms in total. The first kappa shape index (κ1) is 30.6. The highest BCUT2D eigenvalue weighted by Crippen LogP contribution is 2.38. The van der Waals surface area contributed by atoms with Crippen molar-refractivity contribution in [3.05, 3.63) is 194 Å². The Kier molecular flexibility index (Phi) is 7.43. The fourth-order valence-electron chi connectivity index (χ4n) is 7.43. The summed E-state index contributed by atoms with van der Waals surface area (Å²) in [5.41, 5.74) is 11.1. The highest BCUT2D eigenvalue weighted by molar-refractivity contribution is 6.13. The molecular formula is C49H32N4. The molecule has 0 aliphatic heterocycles. The molecule has 10 aromatic rings. The Morgan fingerprint density at radius 1 is 0.321 bits per heavy atom. The number of nitrogens with zero attached hydrogens (tertiary/aromatic N) is 4. The van der Waals surface area contributed by atoms with Gasteiger partial charge in [-0.15, -0.1) is 0 Å². The number of rotatable bonds is 6. The van der Waals surface area contributed by atoms with E-state index in [0.29, 0.717) is 17.5 Å². The van der Waals surface area contributed by atoms with E-state index in [2.05, 4.69) is 168 Å². The van der Waals surface area contributed by atoms with Crippen molar-refractivity contribution in [3.63, 3.8) is 0 Å². The third-order valence-corrected chi connectivity index (χ3v) is 10.1. The van der Waals surface area contributed by atoms with Crippen LogP contribution in [0.3, 0.4) is 0 Å². The minimum Gasteiger partial charge on any atom is -0.309 e. The number of fused-ring (bicyclic) bond motifs is 4. The van der Waals surface area contributed by atoms with Crippen LogP contribution >= 0.6 is 0 Å². The van der Waals surface area contributed by atoms with Crippen molar-refractivity contribution in [2.45, 2.75) is 0 Å². The molecule has 2 heterocycles. The molecule has 0 unspecified atom stereocenters. The standard InChI is InChI=1S/C49H32N4/c1-3-13-36(14-4-1)42-19-11-20-44-43-18-9-10-21-45(43)53(46(42)44)41-30-28-35(29-31-41)34-22-25-38(26-23-34)48-50-47(37-15-5-2-6-16-37)51-49(52-48)40-27-24-33-12-7-8-17-39(33)32-40/h1-32H. The van der Waals surface area contributed by atoms with E-state index in [9.17, 15) is 0 Å². The molecule has 0 N–H and O–H groups in total. The summed E-state index contributed by atoms with van der Waals surface area (Å²) in [5.74, 6) is 1.95. The molecule has 53 heavy (non-hydrogen) atoms. The fraction of sp³-hybridized carbons (Fsp3) is 0. The van der Waals surface area contributed by atoms with Gasteiger partial charge in [0.05, 0.1) is 11.0 Å². The van der Waals surface area contributed by atoms with Gasteiger partial charge in [0.15, 0.2) is 17.5 Å². The van der Waals surface area contributed by atoms with Gasteiger partial charge in [0.1, 0.15) is 0 Å². The third-order valence-electron chi connectivity index (χ3n) is 10.1. The molecule has 2 aromatic heterocycles. The quantitative estimate of drug-likeness (QED) is 0.176. The van der Waals surface area contributed by atoms with Crippen LogP contribution in [0.5, 0.6) is 0 Å². The molecule has 8 aromatic carbocycles. The van der Waals surface area contributed by atoms with Gasteiger partial charge in [0, 0.05) is 38.7 Å². The first-order valence-electron chi connectivity index (χ1n) is 17.9. The van der Waals surface area contributed by atoms with Crippen molar-refractivity contribution in [1.29, 1.82) is 0 Å². The molecule has 0 aliphatic rings. The van der Waals surface area contributed by atoms with Gasteiger partial charge in [-0.1, -0.05) is 170 Å². The minimum atomic E-state index is 0.643. The molecular weight excluding hydrogens is 645 g/mol. The van der Waals surface area contributed by atoms with Crippen LogP contribution in [-0.4, -0.2) is 19.5 Å². The Morgan fingerprint density at radius 2 is 0.830 bits per heavy atom. The Hall–Kier alpha value is -7.17. The molecule has 4 heteroatoms. The number of hydrogen-bond acceptors (Lipinski definition) is 3. The van der Waals surface area contributed by atoms with Crippen LogP contribution in [0.15, 0.2) is 194 Å². The first-order chi connectivity index (χ1) is 26.3. The van der Waals surface area contributed by atoms with Crippen molar-refractivity contribution < 1.29 is 0 Å². The number of hydrogen-bond donors (Lipinski definition) is 0. The lowest BCUT2D eigenvalue weighted by atomic mass is 10.0. The van der Waals surface area contributed by atoms with Gasteiger partial charge >= 0.3 is 0 Å². The number of benzene rings is 8. The smallest absolute Gasteiger partial charge is 0.164 e. The molecule has 248 valence electrons. The van der Waals surface area contributed by atoms with E-state index in [0.717, 1.165) is 38.9 Å². The van der Waals surface area contributed by atoms with E-state index < -0.39 is 0 Å². The second-order valence-corrected chi connectivity index (χ2v) is 13.3. The zero-order chi connectivity index (χ0) is 35.1. The zero-order valence-corrected chi connectivity index (χ0v) is 28.8. The number of para-hydroxylation sites is 2. The average Bonchev–Trinajstić information content (AvgIpc) is 3.59. The van der Waals surface area contributed by atoms with Gasteiger partial charge in [-0.25, -0.2) is 15.0 Å². The summed E-state index contributed by atoms with van der Waals surface area (Å²) in [6.07, 6.45) is 0. The first-order valence-corrected chi connectivity index (χ1v) is 17.9. The minimum absolute atomic E-state index is 0.643. The average molecular weight is 677 g/mol. The van der Waals surface area contributed by atoms with Gasteiger partial charge < -0.3 is 4.57 Å². The highest BCUT2D eigenvalue weighted by atomic mass is 15.0. The lowest BCUT2D eigenvalue weighted by molar-refractivity contribution is 1.07. The van der Waals surface area contributed by atoms with E-state index in [1.165, 1.54) is 38.3 Å². The maximum absolute atomic E-state index is 5.00. The Labute approximate surface area is 307 Å². The molecule has 0 radical (unpaired) electrons. The lowest BCUT2D eigenvalue weighted by Gasteiger charge is -2.13. The Bertz CT molecular complexity index is 2910. The van der Waals surface area contributed by atoms with E-state index in [-0.39, 0.29) is 0 Å². The molecule has 0 saturated heterocycles. The topological polar surface area (TPSA) is 43.6 Å². The zero-order valence-electron chi connectivity index (χ0n) is 28.8. The van der Waals surface area contributed by atoms with Gasteiger partial charge in [-0.2, -0.15) is 0 Å². The summed E-state index contributed by atoms with van der Waals surface area (Å²) >= 11 is 0. The molecule has 0 saturated carbocycles. The van der Waals surface area contributed by atoms with Gasteiger partial charge in [-0.05, 0) is 51.7 Å². The van der Waals surface area contributed by atoms with Crippen molar-refractivity contribution in [3.8, 4) is 62.1 Å². The van der Waals surface area contributed by atoms with Gasteiger partial charge in [0.2, 0.25) is 0 Å². The molecule has 0 fully saturated rings. The maximum Gasteiger partial charge on any atom is 0.164 e. The third kappa shape index (κ3) is 5.54. The largest absolute Gasteiger partial charge is 0.309 e. The van der Waals surface area contributed by atoms with Crippen molar-refractivity contribution in [1.82, 2.24) is 19.5 Å². The van der Waals surface area contributed by atoms with Crippen LogP contribution in [0, 0.1) is 0 Å². The molecule has 0 aliphatic carbocycles. The van der Waals surface area contributed by atoms with Gasteiger partial charge in [0.25, 0.3) is 0 Å². The van der Waals surface area contributed by atoms with Crippen LogP contribution in [0.1, 0.15) is 0 Å². The van der Waals surface area contributed by atoms with Crippen molar-refractivity contribution in [2.24, 2.45) is 0 Å². The summed E-state index contributed by atoms with van der Waals surface area (Å²) in [7, 11) is 0. The van der Waals surface area contributed by atoms with E-state index in [1.54, 1.807) is 0 Å². The molecule has 0 atom stereocenters. The van der Waals surface area contributed by atoms with Crippen molar-refractivity contribution in [2.75, 3.05) is 0 Å². The van der Waals surface area contributed by atoms with Crippen LogP contribution in [0.2, 0.25) is 0 Å². The molecule has 0 bridgehead atoms. The SMILES string of the molecule is c1ccc(-c2nc(-c3ccc(-c4ccc(-n5c6ccccc6c6cccc(-c7ccccc7)c65)cc4)cc3)nc(-c3ccc4ccccc4c3)n2)cc1. The van der Waals surface area contributed by atoms with Crippen LogP contribution < -0.4 is 0 Å². The predicted molar refractivity (Wildman–Crippen MR) is 219 cm³/mol. The maximum atomic E-state index is 5.00. The summed E-state index contributed by atoms with van der Waals surface area (Å²) in [6.45, 7) is 0. The summed E-state index contributed by atoms with van der Waals surface area (Å²) in [4.78, 5) is 14.9. The highest BCUT2D eigenvalue weighted by Gasteiger charge is 2.17. The predicted octanol–water partition coefficient (Wildman–Crippen LogP) is 12.5. The van der Waals surface area contributed by atoms with Crippen molar-refractivity contribution >= 4 is 32.6 Å². The van der Waals surface area contributed by atoms with E-state index >= 15 is 0 Å². The Morgan fingerprint density at radius 3 is 1.55 bits per heavy atom. The lowest BCUT2D eigenvalue weighted by Crippen LogP contribution is -2.00. The number of aromatic nitrogens is 4. The molecule has 10 rings (SSSR count). The van der Waals surface area contributed by atoms with E-state index in [1.807, 2.05) is 30.3 Å². The van der Waals surface area contributed by atoms with Gasteiger partial charge in [-0.3, -0.25) is 0 Å². The normalized spacial score (nSPS) is 11.4. The summed E-state index contributed by atoms with van der Waals surface area (Å²) in [5, 5.41) is 4.83. The fourth-order valence-corrected chi connectivity index (χ4v) is 7.43. The van der Waals surface area contributed by atoms with Crippen LogP contribution in [0.4, 0.5) is 0 Å². The summed E-state index contributed by atoms with van der Waals surface area (Å²) in [6, 6.07) is 68.2. The molecule has 0 amide bonds. The van der Waals surface area contributed by atoms with Crippen LogP contribution in [0.25, 0.3) is 94.7 Å². The molecule has 0 spiro atoms. The van der Waals surface area contributed by atoms with Crippen LogP contribution in [-0.2, 0) is 0 Å². The van der Waals surface area contributed by atoms with E-state index in [4.69, 9.17) is 15.0 Å². The Balaban J connectivity index is 1.02. The second kappa shape index (κ2) is 12.9.